The van der Waals surface area contributed by atoms with E-state index >= 15 is 0 Å². The molecule has 0 radical (unpaired) electrons. The minimum absolute atomic E-state index is 0.0813. The van der Waals surface area contributed by atoms with E-state index < -0.39 is 0 Å². The van der Waals surface area contributed by atoms with Gasteiger partial charge in [0.1, 0.15) is 12.4 Å². The third-order valence-corrected chi connectivity index (χ3v) is 5.43. The standard InChI is InChI=1S/C21H25NO2S/c1-17-6-8-19(9-7-17)24-16-18-4-2-12-22(14-18)15-21-11-10-20(25-21)5-3-13-23/h6-11,18,23H,2,4,12-16H2,1H3/t18-/m0/s1. The number of aliphatic hydroxyl groups is 1. The maximum atomic E-state index is 8.78. The third kappa shape index (κ3) is 5.61. The first-order chi connectivity index (χ1) is 12.2. The molecular weight excluding hydrogens is 330 g/mol. The van der Waals surface area contributed by atoms with Gasteiger partial charge in [-0.15, -0.1) is 11.3 Å². The molecule has 0 unspecified atom stereocenters. The van der Waals surface area contributed by atoms with Crippen LogP contribution in [-0.2, 0) is 6.54 Å². The van der Waals surface area contributed by atoms with Crippen molar-refractivity contribution in [3.05, 3.63) is 51.7 Å². The van der Waals surface area contributed by atoms with Gasteiger partial charge in [0.25, 0.3) is 0 Å². The van der Waals surface area contributed by atoms with Gasteiger partial charge in [-0.05, 0) is 50.6 Å². The van der Waals surface area contributed by atoms with Crippen molar-refractivity contribution in [1.82, 2.24) is 4.90 Å². The van der Waals surface area contributed by atoms with Crippen molar-refractivity contribution >= 4 is 11.3 Å². The molecule has 1 aromatic carbocycles. The molecule has 3 nitrogen and oxygen atoms in total. The van der Waals surface area contributed by atoms with Crippen LogP contribution in [0.4, 0.5) is 0 Å². The lowest BCUT2D eigenvalue weighted by Crippen LogP contribution is -2.37. The van der Waals surface area contributed by atoms with Gasteiger partial charge in [-0.1, -0.05) is 29.5 Å². The van der Waals surface area contributed by atoms with E-state index in [4.69, 9.17) is 9.84 Å². The molecule has 1 aliphatic heterocycles. The topological polar surface area (TPSA) is 32.7 Å². The van der Waals surface area contributed by atoms with Gasteiger partial charge < -0.3 is 9.84 Å². The zero-order chi connectivity index (χ0) is 17.5. The fraction of sp³-hybridized carbons (Fsp3) is 0.429. The Bertz CT molecular complexity index is 726. The lowest BCUT2D eigenvalue weighted by molar-refractivity contribution is 0.126. The number of ether oxygens (including phenoxy) is 1. The summed E-state index contributed by atoms with van der Waals surface area (Å²) in [7, 11) is 0. The highest BCUT2D eigenvalue weighted by Gasteiger charge is 2.21. The number of hydrogen-bond donors (Lipinski definition) is 1. The second-order valence-corrected chi connectivity index (χ2v) is 7.76. The summed E-state index contributed by atoms with van der Waals surface area (Å²) in [6, 6.07) is 12.5. The molecule has 0 saturated carbocycles. The average Bonchev–Trinajstić information content (AvgIpc) is 3.07. The monoisotopic (exact) mass is 355 g/mol. The molecule has 3 rings (SSSR count). The van der Waals surface area contributed by atoms with Gasteiger partial charge in [-0.2, -0.15) is 0 Å². The molecule has 1 fully saturated rings. The molecule has 2 aromatic rings. The quantitative estimate of drug-likeness (QED) is 0.830. The van der Waals surface area contributed by atoms with E-state index in [0.29, 0.717) is 5.92 Å². The number of likely N-dealkylation sites (tertiary alicyclic amines) is 1. The summed E-state index contributed by atoms with van der Waals surface area (Å²) in [5, 5.41) is 8.78. The normalized spacial score (nSPS) is 17.8. The minimum Gasteiger partial charge on any atom is -0.493 e. The van der Waals surface area contributed by atoms with Gasteiger partial charge in [-0.3, -0.25) is 4.90 Å². The van der Waals surface area contributed by atoms with Crippen molar-refractivity contribution in [2.24, 2.45) is 5.92 Å². The van der Waals surface area contributed by atoms with Gasteiger partial charge >= 0.3 is 0 Å². The van der Waals surface area contributed by atoms with Crippen LogP contribution < -0.4 is 4.74 Å². The molecule has 1 atom stereocenters. The second kappa shape index (κ2) is 9.05. The smallest absolute Gasteiger partial charge is 0.119 e. The SMILES string of the molecule is Cc1ccc(OC[C@H]2CCCN(Cc3ccc(C#CCO)s3)C2)cc1. The molecule has 2 heterocycles. The first-order valence-electron chi connectivity index (χ1n) is 8.83. The summed E-state index contributed by atoms with van der Waals surface area (Å²) in [6.45, 7) is 6.01. The summed E-state index contributed by atoms with van der Waals surface area (Å²) in [4.78, 5) is 4.88. The Balaban J connectivity index is 1.49. The minimum atomic E-state index is -0.0813. The number of nitrogens with zero attached hydrogens (tertiary/aromatic N) is 1. The Kier molecular flexibility index (Phi) is 6.52. The Morgan fingerprint density at radius 2 is 2.08 bits per heavy atom. The Morgan fingerprint density at radius 3 is 2.88 bits per heavy atom. The highest BCUT2D eigenvalue weighted by Crippen LogP contribution is 2.23. The molecule has 0 bridgehead atoms. The maximum absolute atomic E-state index is 8.78. The number of thiophene rings is 1. The van der Waals surface area contributed by atoms with Crippen LogP contribution in [-0.4, -0.2) is 36.3 Å². The van der Waals surface area contributed by atoms with E-state index in [1.54, 1.807) is 11.3 Å². The zero-order valence-electron chi connectivity index (χ0n) is 14.7. The van der Waals surface area contributed by atoms with Gasteiger partial charge in [0.2, 0.25) is 0 Å². The molecular formula is C21H25NO2S. The molecule has 0 spiro atoms. The highest BCUT2D eigenvalue weighted by atomic mass is 32.1. The van der Waals surface area contributed by atoms with Gasteiger partial charge in [0.15, 0.2) is 0 Å². The van der Waals surface area contributed by atoms with Crippen LogP contribution in [0.2, 0.25) is 0 Å². The third-order valence-electron chi connectivity index (χ3n) is 4.44. The van der Waals surface area contributed by atoms with Crippen LogP contribution in [0.3, 0.4) is 0 Å². The Labute approximate surface area is 154 Å². The fourth-order valence-electron chi connectivity index (χ4n) is 3.16. The Hall–Kier alpha value is -1.80. The van der Waals surface area contributed by atoms with Crippen LogP contribution in [0, 0.1) is 24.7 Å². The van der Waals surface area contributed by atoms with E-state index in [9.17, 15) is 0 Å². The second-order valence-electron chi connectivity index (χ2n) is 6.59. The van der Waals surface area contributed by atoms with Crippen LogP contribution in [0.15, 0.2) is 36.4 Å². The molecule has 0 amide bonds. The predicted octanol–water partition coefficient (Wildman–Crippen LogP) is 3.69. The lowest BCUT2D eigenvalue weighted by atomic mass is 9.99. The van der Waals surface area contributed by atoms with E-state index in [0.717, 1.165) is 36.9 Å². The van der Waals surface area contributed by atoms with Crippen LogP contribution in [0.1, 0.15) is 28.2 Å². The van der Waals surface area contributed by atoms with Crippen LogP contribution >= 0.6 is 11.3 Å². The van der Waals surface area contributed by atoms with Crippen molar-refractivity contribution in [3.63, 3.8) is 0 Å². The summed E-state index contributed by atoms with van der Waals surface area (Å²) in [6.07, 6.45) is 2.46. The number of aliphatic hydroxyl groups excluding tert-OH is 1. The summed E-state index contributed by atoms with van der Waals surface area (Å²) in [5.74, 6) is 7.25. The zero-order valence-corrected chi connectivity index (χ0v) is 15.5. The van der Waals surface area contributed by atoms with Crippen molar-refractivity contribution < 1.29 is 9.84 Å². The number of rotatable bonds is 5. The molecule has 132 valence electrons. The molecule has 0 aliphatic carbocycles. The number of piperidine rings is 1. The predicted molar refractivity (Wildman–Crippen MR) is 103 cm³/mol. The first kappa shape index (κ1) is 18.0. The summed E-state index contributed by atoms with van der Waals surface area (Å²) in [5.41, 5.74) is 1.26. The van der Waals surface area contributed by atoms with Crippen molar-refractivity contribution in [2.75, 3.05) is 26.3 Å². The number of benzene rings is 1. The van der Waals surface area contributed by atoms with E-state index in [-0.39, 0.29) is 6.61 Å². The first-order valence-corrected chi connectivity index (χ1v) is 9.65. The molecule has 1 saturated heterocycles. The Morgan fingerprint density at radius 1 is 1.24 bits per heavy atom. The maximum Gasteiger partial charge on any atom is 0.119 e. The highest BCUT2D eigenvalue weighted by molar-refractivity contribution is 7.12. The van der Waals surface area contributed by atoms with Crippen molar-refractivity contribution in [2.45, 2.75) is 26.3 Å². The molecule has 1 N–H and O–H groups in total. The number of aryl methyl sites for hydroxylation is 1. The average molecular weight is 356 g/mol. The molecule has 1 aliphatic rings. The van der Waals surface area contributed by atoms with Crippen molar-refractivity contribution in [1.29, 1.82) is 0 Å². The van der Waals surface area contributed by atoms with Crippen LogP contribution in [0.25, 0.3) is 0 Å². The van der Waals surface area contributed by atoms with Crippen molar-refractivity contribution in [3.8, 4) is 17.6 Å². The lowest BCUT2D eigenvalue weighted by Gasteiger charge is -2.32. The summed E-state index contributed by atoms with van der Waals surface area (Å²) < 4.78 is 5.98. The van der Waals surface area contributed by atoms with Gasteiger partial charge in [-0.25, -0.2) is 0 Å². The van der Waals surface area contributed by atoms with E-state index in [1.165, 1.54) is 23.3 Å². The summed E-state index contributed by atoms with van der Waals surface area (Å²) >= 11 is 1.72. The van der Waals surface area contributed by atoms with E-state index in [1.807, 2.05) is 6.07 Å². The fourth-order valence-corrected chi connectivity index (χ4v) is 4.08. The molecule has 25 heavy (non-hydrogen) atoms. The molecule has 1 aromatic heterocycles. The van der Waals surface area contributed by atoms with E-state index in [2.05, 4.69) is 54.0 Å². The number of hydrogen-bond acceptors (Lipinski definition) is 4. The van der Waals surface area contributed by atoms with Gasteiger partial charge in [0, 0.05) is 23.9 Å². The molecule has 4 heteroatoms. The largest absolute Gasteiger partial charge is 0.493 e. The van der Waals surface area contributed by atoms with Gasteiger partial charge in [0.05, 0.1) is 11.5 Å². The van der Waals surface area contributed by atoms with Crippen LogP contribution in [0.5, 0.6) is 5.75 Å².